The van der Waals surface area contributed by atoms with Gasteiger partial charge in [0.05, 0.1) is 15.6 Å². The van der Waals surface area contributed by atoms with Crippen molar-refractivity contribution >= 4 is 44.8 Å². The highest BCUT2D eigenvalue weighted by atomic mass is 35.5. The summed E-state index contributed by atoms with van der Waals surface area (Å²) in [4.78, 5) is 12.5. The van der Waals surface area contributed by atoms with Crippen LogP contribution < -0.4 is 10.0 Å². The maximum absolute atomic E-state index is 12.5. The molecule has 0 spiro atoms. The van der Waals surface area contributed by atoms with Crippen LogP contribution in [0.1, 0.15) is 27.9 Å². The summed E-state index contributed by atoms with van der Waals surface area (Å²) in [6.07, 6.45) is 1.48. The first-order valence-electron chi connectivity index (χ1n) is 9.67. The van der Waals surface area contributed by atoms with Gasteiger partial charge in [-0.3, -0.25) is 9.52 Å². The van der Waals surface area contributed by atoms with Crippen LogP contribution in [-0.4, -0.2) is 20.9 Å². The predicted octanol–water partition coefficient (Wildman–Crippen LogP) is 5.47. The first-order chi connectivity index (χ1) is 14.8. The molecule has 0 heterocycles. The highest BCUT2D eigenvalue weighted by Gasteiger charge is 2.16. The third kappa shape index (κ3) is 6.23. The molecule has 3 rings (SSSR count). The van der Waals surface area contributed by atoms with E-state index in [-0.39, 0.29) is 21.5 Å². The first-order valence-corrected chi connectivity index (χ1v) is 11.9. The van der Waals surface area contributed by atoms with Crippen LogP contribution in [0.3, 0.4) is 0 Å². The van der Waals surface area contributed by atoms with Gasteiger partial charge in [-0.1, -0.05) is 59.1 Å². The van der Waals surface area contributed by atoms with E-state index in [1.165, 1.54) is 30.3 Å². The number of amides is 1. The van der Waals surface area contributed by atoms with Crippen molar-refractivity contribution in [3.63, 3.8) is 0 Å². The molecular formula is C23H22Cl2N2O3S. The monoisotopic (exact) mass is 476 g/mol. The van der Waals surface area contributed by atoms with Crippen LogP contribution in [0.25, 0.3) is 0 Å². The molecule has 0 fully saturated rings. The van der Waals surface area contributed by atoms with Crippen LogP contribution in [0, 0.1) is 6.92 Å². The summed E-state index contributed by atoms with van der Waals surface area (Å²) < 4.78 is 27.5. The molecule has 8 heteroatoms. The molecule has 1 amide bonds. The Morgan fingerprint density at radius 2 is 1.65 bits per heavy atom. The average Bonchev–Trinajstić information content (AvgIpc) is 2.74. The van der Waals surface area contributed by atoms with Gasteiger partial charge in [-0.15, -0.1) is 0 Å². The fraction of sp³-hybridized carbons (Fsp3) is 0.174. The average molecular weight is 477 g/mol. The minimum atomic E-state index is -3.78. The van der Waals surface area contributed by atoms with Gasteiger partial charge in [0.15, 0.2) is 0 Å². The fourth-order valence-electron chi connectivity index (χ4n) is 2.94. The quantitative estimate of drug-likeness (QED) is 0.423. The standard InChI is InChI=1S/C23H22Cl2N2O3S/c1-16-8-11-19(12-9-16)31(29,30)27-22-13-10-18(15-21(22)25)23(28)26-14-4-6-17-5-2-3-7-20(17)24/h2-3,5,7-13,15,27H,4,6,14H2,1H3,(H,26,28). The van der Waals surface area contributed by atoms with E-state index in [4.69, 9.17) is 23.2 Å². The summed E-state index contributed by atoms with van der Waals surface area (Å²) >= 11 is 12.4. The van der Waals surface area contributed by atoms with Gasteiger partial charge in [0.2, 0.25) is 0 Å². The summed E-state index contributed by atoms with van der Waals surface area (Å²) in [7, 11) is -3.78. The Morgan fingerprint density at radius 3 is 2.32 bits per heavy atom. The second-order valence-electron chi connectivity index (χ2n) is 7.06. The van der Waals surface area contributed by atoms with Crippen LogP contribution in [0.4, 0.5) is 5.69 Å². The maximum Gasteiger partial charge on any atom is 0.261 e. The highest BCUT2D eigenvalue weighted by Crippen LogP contribution is 2.26. The summed E-state index contributed by atoms with van der Waals surface area (Å²) in [5, 5.41) is 3.69. The van der Waals surface area contributed by atoms with E-state index >= 15 is 0 Å². The van der Waals surface area contributed by atoms with Crippen molar-refractivity contribution in [2.75, 3.05) is 11.3 Å². The molecule has 0 bridgehead atoms. The van der Waals surface area contributed by atoms with E-state index in [1.54, 1.807) is 12.1 Å². The second-order valence-corrected chi connectivity index (χ2v) is 9.56. The van der Waals surface area contributed by atoms with Gasteiger partial charge < -0.3 is 5.32 Å². The van der Waals surface area contributed by atoms with Crippen LogP contribution >= 0.6 is 23.2 Å². The number of rotatable bonds is 8. The third-order valence-electron chi connectivity index (χ3n) is 4.67. The van der Waals surface area contributed by atoms with E-state index < -0.39 is 10.0 Å². The van der Waals surface area contributed by atoms with Crippen molar-refractivity contribution in [1.82, 2.24) is 5.32 Å². The zero-order valence-electron chi connectivity index (χ0n) is 16.9. The Labute approximate surface area is 192 Å². The molecule has 0 aromatic heterocycles. The number of hydrogen-bond donors (Lipinski definition) is 2. The topological polar surface area (TPSA) is 75.3 Å². The van der Waals surface area contributed by atoms with Gasteiger partial charge in [-0.05, 0) is 61.7 Å². The number of carbonyl (C=O) groups is 1. The summed E-state index contributed by atoms with van der Waals surface area (Å²) in [5.41, 5.74) is 2.55. The van der Waals surface area contributed by atoms with E-state index in [2.05, 4.69) is 10.0 Å². The highest BCUT2D eigenvalue weighted by molar-refractivity contribution is 7.92. The van der Waals surface area contributed by atoms with Crippen LogP contribution in [0.2, 0.25) is 10.0 Å². The molecular weight excluding hydrogens is 455 g/mol. The molecule has 0 saturated carbocycles. The number of sulfonamides is 1. The molecule has 2 N–H and O–H groups in total. The minimum absolute atomic E-state index is 0.134. The van der Waals surface area contributed by atoms with E-state index in [0.717, 1.165) is 24.0 Å². The van der Waals surface area contributed by atoms with E-state index in [9.17, 15) is 13.2 Å². The van der Waals surface area contributed by atoms with Crippen molar-refractivity contribution < 1.29 is 13.2 Å². The lowest BCUT2D eigenvalue weighted by Gasteiger charge is -2.11. The summed E-state index contributed by atoms with van der Waals surface area (Å²) in [6, 6.07) is 18.5. The van der Waals surface area contributed by atoms with Gasteiger partial charge in [0, 0.05) is 17.1 Å². The molecule has 5 nitrogen and oxygen atoms in total. The normalized spacial score (nSPS) is 11.2. The number of halogens is 2. The van der Waals surface area contributed by atoms with Gasteiger partial charge in [-0.25, -0.2) is 8.42 Å². The lowest BCUT2D eigenvalue weighted by Crippen LogP contribution is -2.24. The SMILES string of the molecule is Cc1ccc(S(=O)(=O)Nc2ccc(C(=O)NCCCc3ccccc3Cl)cc2Cl)cc1. The molecule has 3 aromatic rings. The molecule has 0 aliphatic carbocycles. The number of nitrogens with one attached hydrogen (secondary N) is 2. The Hall–Kier alpha value is -2.54. The fourth-order valence-corrected chi connectivity index (χ4v) is 4.54. The van der Waals surface area contributed by atoms with Crippen molar-refractivity contribution in [1.29, 1.82) is 0 Å². The third-order valence-corrected chi connectivity index (χ3v) is 6.74. The summed E-state index contributed by atoms with van der Waals surface area (Å²) in [6.45, 7) is 2.35. The van der Waals surface area contributed by atoms with Crippen molar-refractivity contribution in [2.45, 2.75) is 24.7 Å². The predicted molar refractivity (Wildman–Crippen MR) is 126 cm³/mol. The molecule has 0 unspecified atom stereocenters. The number of anilines is 1. The summed E-state index contributed by atoms with van der Waals surface area (Å²) in [5.74, 6) is -0.283. The molecule has 162 valence electrons. The van der Waals surface area contributed by atoms with Crippen LogP contribution in [0.5, 0.6) is 0 Å². The smallest absolute Gasteiger partial charge is 0.261 e. The van der Waals surface area contributed by atoms with Crippen molar-refractivity contribution in [2.24, 2.45) is 0 Å². The van der Waals surface area contributed by atoms with Gasteiger partial charge in [-0.2, -0.15) is 0 Å². The number of benzene rings is 3. The molecule has 0 aliphatic heterocycles. The Morgan fingerprint density at radius 1 is 0.935 bits per heavy atom. The molecule has 31 heavy (non-hydrogen) atoms. The second kappa shape index (κ2) is 10.2. The van der Waals surface area contributed by atoms with Gasteiger partial charge in [0.25, 0.3) is 15.9 Å². The lowest BCUT2D eigenvalue weighted by molar-refractivity contribution is 0.0953. The maximum atomic E-state index is 12.5. The molecule has 0 radical (unpaired) electrons. The molecule has 0 atom stereocenters. The Bertz CT molecular complexity index is 1180. The van der Waals surface area contributed by atoms with Crippen molar-refractivity contribution in [3.8, 4) is 0 Å². The van der Waals surface area contributed by atoms with Crippen molar-refractivity contribution in [3.05, 3.63) is 93.5 Å². The van der Waals surface area contributed by atoms with Gasteiger partial charge in [0.1, 0.15) is 0 Å². The lowest BCUT2D eigenvalue weighted by atomic mass is 10.1. The first kappa shape index (κ1) is 23.1. The van der Waals surface area contributed by atoms with E-state index in [1.807, 2.05) is 31.2 Å². The van der Waals surface area contributed by atoms with Crippen LogP contribution in [-0.2, 0) is 16.4 Å². The van der Waals surface area contributed by atoms with Crippen LogP contribution in [0.15, 0.2) is 71.6 Å². The Kier molecular flexibility index (Phi) is 7.59. The number of hydrogen-bond acceptors (Lipinski definition) is 3. The Balaban J connectivity index is 1.58. The zero-order chi connectivity index (χ0) is 22.4. The molecule has 0 saturated heterocycles. The zero-order valence-corrected chi connectivity index (χ0v) is 19.2. The number of aryl methyl sites for hydroxylation is 2. The molecule has 0 aliphatic rings. The van der Waals surface area contributed by atoms with E-state index in [0.29, 0.717) is 17.1 Å². The van der Waals surface area contributed by atoms with Gasteiger partial charge >= 0.3 is 0 Å². The number of carbonyl (C=O) groups excluding carboxylic acids is 1. The minimum Gasteiger partial charge on any atom is -0.352 e. The molecule has 3 aromatic carbocycles. The largest absolute Gasteiger partial charge is 0.352 e.